The Hall–Kier alpha value is -2.09. The van der Waals surface area contributed by atoms with Crippen molar-refractivity contribution in [2.45, 2.75) is 12.8 Å². The van der Waals surface area contributed by atoms with Crippen LogP contribution < -0.4 is 10.6 Å². The number of hydrogen-bond acceptors (Lipinski definition) is 3. The highest BCUT2D eigenvalue weighted by molar-refractivity contribution is 5.78. The molecule has 1 fully saturated rings. The molecule has 0 radical (unpaired) electrons. The molecule has 0 aromatic heterocycles. The van der Waals surface area contributed by atoms with Crippen molar-refractivity contribution in [3.63, 3.8) is 0 Å². The van der Waals surface area contributed by atoms with Crippen molar-refractivity contribution in [2.75, 3.05) is 18.0 Å². The predicted molar refractivity (Wildman–Crippen MR) is 65.2 cm³/mol. The molecule has 0 spiro atoms. The van der Waals surface area contributed by atoms with Crippen LogP contribution in [-0.4, -0.2) is 19.0 Å². The molecule has 1 unspecified atom stereocenters. The predicted octanol–water partition coefficient (Wildman–Crippen LogP) is 1.40. The first-order chi connectivity index (χ1) is 8.63. The second kappa shape index (κ2) is 5.05. The van der Waals surface area contributed by atoms with Crippen LogP contribution >= 0.6 is 0 Å². The van der Waals surface area contributed by atoms with Crippen LogP contribution in [0.2, 0.25) is 0 Å². The van der Waals surface area contributed by atoms with E-state index in [0.29, 0.717) is 18.8 Å². The number of hydrogen-bond donors (Lipinski definition) is 1. The van der Waals surface area contributed by atoms with Gasteiger partial charge in [0.25, 0.3) is 0 Å². The Kier molecular flexibility index (Phi) is 3.47. The number of benzene rings is 1. The molecule has 0 saturated carbocycles. The number of amides is 1. The number of nitrogens with zero attached hydrogens (tertiary/aromatic N) is 2. The summed E-state index contributed by atoms with van der Waals surface area (Å²) in [6, 6.07) is 6.40. The molecule has 1 amide bonds. The zero-order valence-electron chi connectivity index (χ0n) is 9.90. The minimum absolute atomic E-state index is 0.0302. The summed E-state index contributed by atoms with van der Waals surface area (Å²) in [4.78, 5) is 13.1. The summed E-state index contributed by atoms with van der Waals surface area (Å²) in [6.45, 7) is 1.16. The first-order valence-electron chi connectivity index (χ1n) is 5.86. The summed E-state index contributed by atoms with van der Waals surface area (Å²) in [5.41, 5.74) is 5.88. The lowest BCUT2D eigenvalue weighted by Gasteiger charge is -2.33. The number of anilines is 1. The minimum Gasteiger partial charge on any atom is -0.370 e. The Morgan fingerprint density at radius 3 is 3.00 bits per heavy atom. The number of carbonyl (C=O) groups is 1. The number of nitriles is 1. The van der Waals surface area contributed by atoms with Gasteiger partial charge in [-0.25, -0.2) is 4.39 Å². The van der Waals surface area contributed by atoms with Gasteiger partial charge in [0, 0.05) is 13.1 Å². The second-order valence-corrected chi connectivity index (χ2v) is 4.43. The molecule has 1 saturated heterocycles. The number of primary amides is 1. The molecule has 1 atom stereocenters. The van der Waals surface area contributed by atoms with Crippen molar-refractivity contribution in [1.29, 1.82) is 5.26 Å². The lowest BCUT2D eigenvalue weighted by molar-refractivity contribution is -0.122. The van der Waals surface area contributed by atoms with Gasteiger partial charge in [0.1, 0.15) is 17.4 Å². The maximum Gasteiger partial charge on any atom is 0.222 e. The smallest absolute Gasteiger partial charge is 0.222 e. The fourth-order valence-electron chi connectivity index (χ4n) is 2.32. The molecule has 1 aromatic carbocycles. The first-order valence-corrected chi connectivity index (χ1v) is 5.86. The molecule has 94 valence electrons. The van der Waals surface area contributed by atoms with Gasteiger partial charge in [-0.3, -0.25) is 4.79 Å². The van der Waals surface area contributed by atoms with Crippen LogP contribution in [0.4, 0.5) is 10.1 Å². The molecule has 0 bridgehead atoms. The van der Waals surface area contributed by atoms with Gasteiger partial charge in [-0.15, -0.1) is 0 Å². The molecule has 4 nitrogen and oxygen atoms in total. The monoisotopic (exact) mass is 247 g/mol. The van der Waals surface area contributed by atoms with Gasteiger partial charge in [-0.1, -0.05) is 6.07 Å². The number of halogens is 1. The van der Waals surface area contributed by atoms with E-state index in [1.54, 1.807) is 12.1 Å². The van der Waals surface area contributed by atoms with Crippen molar-refractivity contribution in [2.24, 2.45) is 11.7 Å². The Labute approximate surface area is 105 Å². The van der Waals surface area contributed by atoms with Crippen molar-refractivity contribution in [3.05, 3.63) is 29.6 Å². The Bertz CT molecular complexity index is 509. The number of rotatable bonds is 2. The third-order valence-corrected chi connectivity index (χ3v) is 3.27. The quantitative estimate of drug-likeness (QED) is 0.858. The first kappa shape index (κ1) is 12.4. The van der Waals surface area contributed by atoms with E-state index in [2.05, 4.69) is 0 Å². The molecule has 2 rings (SSSR count). The van der Waals surface area contributed by atoms with Crippen LogP contribution in [0.25, 0.3) is 0 Å². The normalized spacial score (nSPS) is 19.3. The largest absolute Gasteiger partial charge is 0.370 e. The topological polar surface area (TPSA) is 70.1 Å². The van der Waals surface area contributed by atoms with E-state index in [9.17, 15) is 9.18 Å². The van der Waals surface area contributed by atoms with Gasteiger partial charge in [0.2, 0.25) is 5.91 Å². The van der Waals surface area contributed by atoms with Crippen molar-refractivity contribution < 1.29 is 9.18 Å². The van der Waals surface area contributed by atoms with E-state index in [-0.39, 0.29) is 17.4 Å². The van der Waals surface area contributed by atoms with E-state index in [4.69, 9.17) is 11.0 Å². The zero-order chi connectivity index (χ0) is 13.1. The van der Waals surface area contributed by atoms with Crippen molar-refractivity contribution in [3.8, 4) is 6.07 Å². The summed E-state index contributed by atoms with van der Waals surface area (Å²) < 4.78 is 13.5. The average molecular weight is 247 g/mol. The maximum atomic E-state index is 13.5. The van der Waals surface area contributed by atoms with E-state index < -0.39 is 5.82 Å². The molecular formula is C13H14FN3O. The Morgan fingerprint density at radius 2 is 2.33 bits per heavy atom. The van der Waals surface area contributed by atoms with Crippen LogP contribution in [0, 0.1) is 23.1 Å². The van der Waals surface area contributed by atoms with Crippen LogP contribution in [0.3, 0.4) is 0 Å². The molecule has 0 aliphatic carbocycles. The molecule has 1 heterocycles. The van der Waals surface area contributed by atoms with Crippen LogP contribution in [-0.2, 0) is 4.79 Å². The molecule has 1 aliphatic heterocycles. The Morgan fingerprint density at radius 1 is 1.56 bits per heavy atom. The fraction of sp³-hybridized carbons (Fsp3) is 0.385. The van der Waals surface area contributed by atoms with Gasteiger partial charge in [0.05, 0.1) is 11.6 Å². The average Bonchev–Trinajstić information content (AvgIpc) is 2.38. The van der Waals surface area contributed by atoms with Crippen LogP contribution in [0.5, 0.6) is 0 Å². The molecular weight excluding hydrogens is 233 g/mol. The molecule has 5 heteroatoms. The highest BCUT2D eigenvalue weighted by Gasteiger charge is 2.26. The summed E-state index contributed by atoms with van der Waals surface area (Å²) >= 11 is 0. The van der Waals surface area contributed by atoms with Crippen LogP contribution in [0.1, 0.15) is 18.4 Å². The number of piperidine rings is 1. The van der Waals surface area contributed by atoms with E-state index >= 15 is 0 Å². The van der Waals surface area contributed by atoms with Gasteiger partial charge in [0.15, 0.2) is 0 Å². The lowest BCUT2D eigenvalue weighted by Crippen LogP contribution is -2.41. The molecule has 1 aromatic rings. The summed E-state index contributed by atoms with van der Waals surface area (Å²) in [5, 5.41) is 9.00. The highest BCUT2D eigenvalue weighted by Crippen LogP contribution is 2.27. The molecule has 2 N–H and O–H groups in total. The fourth-order valence-corrected chi connectivity index (χ4v) is 2.32. The van der Waals surface area contributed by atoms with E-state index in [1.807, 2.05) is 11.0 Å². The van der Waals surface area contributed by atoms with Crippen LogP contribution in [0.15, 0.2) is 18.2 Å². The van der Waals surface area contributed by atoms with Crippen molar-refractivity contribution in [1.82, 2.24) is 0 Å². The van der Waals surface area contributed by atoms with E-state index in [0.717, 1.165) is 12.8 Å². The van der Waals surface area contributed by atoms with Gasteiger partial charge in [-0.2, -0.15) is 5.26 Å². The van der Waals surface area contributed by atoms with Gasteiger partial charge >= 0.3 is 0 Å². The van der Waals surface area contributed by atoms with Gasteiger partial charge < -0.3 is 10.6 Å². The van der Waals surface area contributed by atoms with Crippen molar-refractivity contribution >= 4 is 11.6 Å². The summed E-state index contributed by atoms with van der Waals surface area (Å²) in [7, 11) is 0. The standard InChI is InChI=1S/C13H14FN3O/c14-11-4-1-5-12(10(11)7-15)17-6-2-3-9(8-17)13(16)18/h1,4-5,9H,2-3,6,8H2,(H2,16,18). The maximum absolute atomic E-state index is 13.5. The molecule has 18 heavy (non-hydrogen) atoms. The third-order valence-electron chi connectivity index (χ3n) is 3.27. The second-order valence-electron chi connectivity index (χ2n) is 4.43. The SMILES string of the molecule is N#Cc1c(F)cccc1N1CCCC(C(N)=O)C1. The summed E-state index contributed by atoms with van der Waals surface area (Å²) in [5.74, 6) is -1.10. The van der Waals surface area contributed by atoms with E-state index in [1.165, 1.54) is 6.07 Å². The third kappa shape index (κ3) is 2.28. The summed E-state index contributed by atoms with van der Waals surface area (Å²) in [6.07, 6.45) is 1.57. The zero-order valence-corrected chi connectivity index (χ0v) is 9.90. The highest BCUT2D eigenvalue weighted by atomic mass is 19.1. The number of carbonyl (C=O) groups excluding carboxylic acids is 1. The van der Waals surface area contributed by atoms with Gasteiger partial charge in [-0.05, 0) is 25.0 Å². The molecule has 1 aliphatic rings. The number of nitrogens with two attached hydrogens (primary N) is 1. The minimum atomic E-state index is -0.531. The lowest BCUT2D eigenvalue weighted by atomic mass is 9.96. The Balaban J connectivity index is 2.29.